The van der Waals surface area contributed by atoms with Crippen LogP contribution >= 0.6 is 0 Å². The molecule has 0 spiro atoms. The zero-order valence-electron chi connectivity index (χ0n) is 10.9. The van der Waals surface area contributed by atoms with Crippen LogP contribution in [0, 0.1) is 17.1 Å². The molecule has 0 aliphatic carbocycles. The molecule has 0 bridgehead atoms. The molecule has 4 heteroatoms. The van der Waals surface area contributed by atoms with Crippen LogP contribution in [-0.2, 0) is 6.61 Å². The molecule has 0 amide bonds. The summed E-state index contributed by atoms with van der Waals surface area (Å²) in [5.41, 5.74) is 1.64. The molecule has 3 nitrogen and oxygen atoms in total. The SMILES string of the molecule is CC(=O)c1ccc(F)cc1OCc1cccc(C#N)c1. The van der Waals surface area contributed by atoms with Crippen LogP contribution in [-0.4, -0.2) is 5.78 Å². The van der Waals surface area contributed by atoms with Gasteiger partial charge in [-0.1, -0.05) is 12.1 Å². The molecule has 0 aliphatic heterocycles. The molecule has 2 aromatic carbocycles. The van der Waals surface area contributed by atoms with Crippen LogP contribution in [0.2, 0.25) is 0 Å². The Bertz CT molecular complexity index is 689. The fourth-order valence-corrected chi connectivity index (χ4v) is 1.80. The van der Waals surface area contributed by atoms with Crippen LogP contribution in [0.5, 0.6) is 5.75 Å². The highest BCUT2D eigenvalue weighted by atomic mass is 19.1. The minimum atomic E-state index is -0.462. The van der Waals surface area contributed by atoms with E-state index in [0.29, 0.717) is 11.1 Å². The second-order valence-electron chi connectivity index (χ2n) is 4.30. The molecule has 0 atom stereocenters. The molecule has 0 aromatic heterocycles. The van der Waals surface area contributed by atoms with Crippen molar-refractivity contribution in [3.8, 4) is 11.8 Å². The smallest absolute Gasteiger partial charge is 0.163 e. The van der Waals surface area contributed by atoms with E-state index in [-0.39, 0.29) is 18.1 Å². The van der Waals surface area contributed by atoms with E-state index in [0.717, 1.165) is 5.56 Å². The van der Waals surface area contributed by atoms with Gasteiger partial charge in [-0.3, -0.25) is 4.79 Å². The van der Waals surface area contributed by atoms with Gasteiger partial charge in [0.25, 0.3) is 0 Å². The van der Waals surface area contributed by atoms with Gasteiger partial charge in [0.05, 0.1) is 17.2 Å². The molecule has 0 aliphatic rings. The summed E-state index contributed by atoms with van der Waals surface area (Å²) in [5.74, 6) is -0.443. The molecule has 0 saturated heterocycles. The number of carbonyl (C=O) groups is 1. The third-order valence-electron chi connectivity index (χ3n) is 2.77. The number of carbonyl (C=O) groups excluding carboxylic acids is 1. The van der Waals surface area contributed by atoms with E-state index in [1.54, 1.807) is 24.3 Å². The number of benzene rings is 2. The van der Waals surface area contributed by atoms with Crippen molar-refractivity contribution < 1.29 is 13.9 Å². The third kappa shape index (κ3) is 3.21. The molecular formula is C16H12FNO2. The quantitative estimate of drug-likeness (QED) is 0.798. The number of hydrogen-bond acceptors (Lipinski definition) is 3. The largest absolute Gasteiger partial charge is 0.488 e. The normalized spacial score (nSPS) is 9.85. The summed E-state index contributed by atoms with van der Waals surface area (Å²) in [6, 6.07) is 12.8. The molecule has 0 heterocycles. The van der Waals surface area contributed by atoms with Crippen molar-refractivity contribution in [3.63, 3.8) is 0 Å². The van der Waals surface area contributed by atoms with Crippen LogP contribution in [0.4, 0.5) is 4.39 Å². The van der Waals surface area contributed by atoms with Crippen molar-refractivity contribution >= 4 is 5.78 Å². The maximum absolute atomic E-state index is 13.2. The van der Waals surface area contributed by atoms with Crippen molar-refractivity contribution in [2.45, 2.75) is 13.5 Å². The predicted molar refractivity (Wildman–Crippen MR) is 71.9 cm³/mol. The van der Waals surface area contributed by atoms with Crippen LogP contribution in [0.3, 0.4) is 0 Å². The van der Waals surface area contributed by atoms with Gasteiger partial charge >= 0.3 is 0 Å². The lowest BCUT2D eigenvalue weighted by molar-refractivity contribution is 0.101. The number of rotatable bonds is 4. The molecule has 2 rings (SSSR count). The first-order valence-corrected chi connectivity index (χ1v) is 6.02. The summed E-state index contributed by atoms with van der Waals surface area (Å²) >= 11 is 0. The zero-order valence-corrected chi connectivity index (χ0v) is 10.9. The Kier molecular flexibility index (Phi) is 4.11. The minimum Gasteiger partial charge on any atom is -0.488 e. The van der Waals surface area contributed by atoms with Crippen molar-refractivity contribution in [1.82, 2.24) is 0 Å². The van der Waals surface area contributed by atoms with E-state index < -0.39 is 5.82 Å². The van der Waals surface area contributed by atoms with E-state index in [2.05, 4.69) is 0 Å². The molecule has 0 fully saturated rings. The zero-order chi connectivity index (χ0) is 14.5. The van der Waals surface area contributed by atoms with E-state index in [4.69, 9.17) is 10.00 Å². The van der Waals surface area contributed by atoms with Gasteiger partial charge in [0.1, 0.15) is 18.2 Å². The Morgan fingerprint density at radius 1 is 1.30 bits per heavy atom. The van der Waals surface area contributed by atoms with Gasteiger partial charge in [-0.25, -0.2) is 4.39 Å². The molecule has 20 heavy (non-hydrogen) atoms. The third-order valence-corrected chi connectivity index (χ3v) is 2.77. The van der Waals surface area contributed by atoms with Crippen LogP contribution < -0.4 is 4.74 Å². The topological polar surface area (TPSA) is 50.1 Å². The van der Waals surface area contributed by atoms with Gasteiger partial charge in [0, 0.05) is 6.07 Å². The second-order valence-corrected chi connectivity index (χ2v) is 4.30. The average Bonchev–Trinajstić information content (AvgIpc) is 2.45. The maximum atomic E-state index is 13.2. The van der Waals surface area contributed by atoms with Gasteiger partial charge in [0.2, 0.25) is 0 Å². The molecule has 0 radical (unpaired) electrons. The number of hydrogen-bond donors (Lipinski definition) is 0. The van der Waals surface area contributed by atoms with Gasteiger partial charge < -0.3 is 4.74 Å². The predicted octanol–water partition coefficient (Wildman–Crippen LogP) is 3.48. The lowest BCUT2D eigenvalue weighted by atomic mass is 10.1. The monoisotopic (exact) mass is 269 g/mol. The fourth-order valence-electron chi connectivity index (χ4n) is 1.80. The number of nitriles is 1. The summed E-state index contributed by atoms with van der Waals surface area (Å²) in [4.78, 5) is 11.4. The lowest BCUT2D eigenvalue weighted by Crippen LogP contribution is -2.02. The van der Waals surface area contributed by atoms with E-state index in [1.807, 2.05) is 6.07 Å². The Labute approximate surface area is 116 Å². The number of halogens is 1. The second kappa shape index (κ2) is 5.98. The standard InChI is InChI=1S/C16H12FNO2/c1-11(19)15-6-5-14(17)8-16(15)20-10-13-4-2-3-12(7-13)9-18/h2-8H,10H2,1H3. The summed E-state index contributed by atoms with van der Waals surface area (Å²) in [6.07, 6.45) is 0. The van der Waals surface area contributed by atoms with Crippen LogP contribution in [0.25, 0.3) is 0 Å². The van der Waals surface area contributed by atoms with Gasteiger partial charge in [-0.2, -0.15) is 5.26 Å². The maximum Gasteiger partial charge on any atom is 0.163 e. The Balaban J connectivity index is 2.20. The highest BCUT2D eigenvalue weighted by Crippen LogP contribution is 2.22. The van der Waals surface area contributed by atoms with Crippen LogP contribution in [0.1, 0.15) is 28.4 Å². The molecule has 0 saturated carbocycles. The van der Waals surface area contributed by atoms with Gasteiger partial charge in [-0.05, 0) is 36.8 Å². The summed E-state index contributed by atoms with van der Waals surface area (Å²) in [6.45, 7) is 1.57. The number of nitrogens with zero attached hydrogens (tertiary/aromatic N) is 1. The summed E-state index contributed by atoms with van der Waals surface area (Å²) < 4.78 is 18.7. The summed E-state index contributed by atoms with van der Waals surface area (Å²) in [7, 11) is 0. The Morgan fingerprint density at radius 2 is 2.10 bits per heavy atom. The number of ketones is 1. The first kappa shape index (κ1) is 13.8. The van der Waals surface area contributed by atoms with Crippen molar-refractivity contribution in [1.29, 1.82) is 5.26 Å². The summed E-state index contributed by atoms with van der Waals surface area (Å²) in [5, 5.41) is 8.82. The average molecular weight is 269 g/mol. The first-order valence-electron chi connectivity index (χ1n) is 6.02. The minimum absolute atomic E-state index is 0.166. The molecular weight excluding hydrogens is 257 g/mol. The molecule has 0 unspecified atom stereocenters. The number of Topliss-reactive ketones (excluding diaryl/α,β-unsaturated/α-hetero) is 1. The highest BCUT2D eigenvalue weighted by molar-refractivity contribution is 5.96. The molecule has 0 N–H and O–H groups in total. The van der Waals surface area contributed by atoms with Crippen molar-refractivity contribution in [2.24, 2.45) is 0 Å². The first-order chi connectivity index (χ1) is 9.60. The fraction of sp³-hybridized carbons (Fsp3) is 0.125. The van der Waals surface area contributed by atoms with Gasteiger partial charge in [0.15, 0.2) is 5.78 Å². The van der Waals surface area contributed by atoms with Gasteiger partial charge in [-0.15, -0.1) is 0 Å². The van der Waals surface area contributed by atoms with E-state index in [9.17, 15) is 9.18 Å². The highest BCUT2D eigenvalue weighted by Gasteiger charge is 2.10. The Morgan fingerprint density at radius 3 is 2.80 bits per heavy atom. The number of ether oxygens (including phenoxy) is 1. The molecule has 2 aromatic rings. The van der Waals surface area contributed by atoms with Crippen molar-refractivity contribution in [2.75, 3.05) is 0 Å². The van der Waals surface area contributed by atoms with Crippen LogP contribution in [0.15, 0.2) is 42.5 Å². The Hall–Kier alpha value is -2.67. The van der Waals surface area contributed by atoms with E-state index in [1.165, 1.54) is 25.1 Å². The lowest BCUT2D eigenvalue weighted by Gasteiger charge is -2.10. The van der Waals surface area contributed by atoms with Crippen molar-refractivity contribution in [3.05, 3.63) is 65.0 Å². The van der Waals surface area contributed by atoms with E-state index >= 15 is 0 Å². The molecule has 100 valence electrons.